The molecule has 1 atom stereocenters. The molecule has 0 bridgehead atoms. The van der Waals surface area contributed by atoms with Crippen LogP contribution in [0.3, 0.4) is 0 Å². The van der Waals surface area contributed by atoms with Crippen molar-refractivity contribution in [2.45, 2.75) is 19.0 Å². The van der Waals surface area contributed by atoms with Gasteiger partial charge < -0.3 is 5.73 Å². The van der Waals surface area contributed by atoms with E-state index in [4.69, 9.17) is 5.73 Å². The minimum Gasteiger partial charge on any atom is -0.330 e. The summed E-state index contributed by atoms with van der Waals surface area (Å²) in [7, 11) is 0. The van der Waals surface area contributed by atoms with E-state index in [1.807, 2.05) is 30.3 Å². The number of hydrogen-bond donors (Lipinski definition) is 1. The van der Waals surface area contributed by atoms with Crippen LogP contribution in [-0.2, 0) is 6.42 Å². The molecule has 0 unspecified atom stereocenters. The van der Waals surface area contributed by atoms with Crippen molar-refractivity contribution >= 4 is 0 Å². The summed E-state index contributed by atoms with van der Waals surface area (Å²) in [5.41, 5.74) is 6.28. The molecule has 0 saturated heterocycles. The van der Waals surface area contributed by atoms with Crippen LogP contribution in [0.2, 0.25) is 0 Å². The largest absolute Gasteiger partial charge is 0.330 e. The molecule has 0 heterocycles. The van der Waals surface area contributed by atoms with Crippen LogP contribution in [-0.4, -0.2) is 12.7 Å². The van der Waals surface area contributed by atoms with Gasteiger partial charge in [0.05, 0.1) is 0 Å². The summed E-state index contributed by atoms with van der Waals surface area (Å²) in [5, 5.41) is 0. The number of benzene rings is 1. The molecule has 1 nitrogen and oxygen atoms in total. The molecule has 0 saturated carbocycles. The highest BCUT2D eigenvalue weighted by Gasteiger charge is 2.05. The molecule has 1 aromatic carbocycles. The van der Waals surface area contributed by atoms with Gasteiger partial charge in [-0.3, -0.25) is 0 Å². The summed E-state index contributed by atoms with van der Waals surface area (Å²) in [6.45, 7) is 0.425. The van der Waals surface area contributed by atoms with Crippen molar-refractivity contribution in [3.05, 3.63) is 35.9 Å². The van der Waals surface area contributed by atoms with E-state index < -0.39 is 6.17 Å². The number of rotatable bonds is 4. The Morgan fingerprint density at radius 2 is 1.92 bits per heavy atom. The van der Waals surface area contributed by atoms with Gasteiger partial charge in [-0.2, -0.15) is 0 Å². The van der Waals surface area contributed by atoms with Crippen molar-refractivity contribution in [1.29, 1.82) is 0 Å². The molecule has 1 rings (SSSR count). The van der Waals surface area contributed by atoms with Gasteiger partial charge >= 0.3 is 0 Å². The standard InChI is InChI=1S/C10H14FN/c11-10(6-7-12)8-9-4-2-1-3-5-9/h1-5,10H,6-8,12H2/t10-/m0/s1. The Morgan fingerprint density at radius 3 is 2.50 bits per heavy atom. The molecule has 0 radical (unpaired) electrons. The number of hydrogen-bond acceptors (Lipinski definition) is 1. The molecular weight excluding hydrogens is 153 g/mol. The monoisotopic (exact) mass is 167 g/mol. The first-order valence-electron chi connectivity index (χ1n) is 4.21. The van der Waals surface area contributed by atoms with E-state index in [0.29, 0.717) is 19.4 Å². The van der Waals surface area contributed by atoms with Crippen molar-refractivity contribution in [3.63, 3.8) is 0 Å². The lowest BCUT2D eigenvalue weighted by molar-refractivity contribution is 0.316. The van der Waals surface area contributed by atoms with Crippen molar-refractivity contribution < 1.29 is 4.39 Å². The molecule has 2 heteroatoms. The van der Waals surface area contributed by atoms with E-state index in [1.165, 1.54) is 0 Å². The predicted octanol–water partition coefficient (Wildman–Crippen LogP) is 1.92. The van der Waals surface area contributed by atoms with Gasteiger partial charge in [0.25, 0.3) is 0 Å². The summed E-state index contributed by atoms with van der Waals surface area (Å²) in [4.78, 5) is 0. The smallest absolute Gasteiger partial charge is 0.105 e. The Kier molecular flexibility index (Phi) is 3.74. The summed E-state index contributed by atoms with van der Waals surface area (Å²) >= 11 is 0. The lowest BCUT2D eigenvalue weighted by atomic mass is 10.1. The number of nitrogens with two attached hydrogens (primary N) is 1. The molecule has 0 aliphatic heterocycles. The van der Waals surface area contributed by atoms with Crippen molar-refractivity contribution in [2.75, 3.05) is 6.54 Å². The average molecular weight is 167 g/mol. The molecule has 1 aromatic rings. The van der Waals surface area contributed by atoms with Crippen LogP contribution >= 0.6 is 0 Å². The van der Waals surface area contributed by atoms with Crippen LogP contribution < -0.4 is 5.73 Å². The summed E-state index contributed by atoms with van der Waals surface area (Å²) in [6, 6.07) is 9.64. The molecule has 0 aliphatic carbocycles. The van der Waals surface area contributed by atoms with E-state index in [2.05, 4.69) is 0 Å². The molecule has 0 aliphatic rings. The molecular formula is C10H14FN. The summed E-state index contributed by atoms with van der Waals surface area (Å²) < 4.78 is 13.0. The van der Waals surface area contributed by atoms with Gasteiger partial charge in [0.2, 0.25) is 0 Å². The maximum Gasteiger partial charge on any atom is 0.105 e. The van der Waals surface area contributed by atoms with Crippen molar-refractivity contribution in [3.8, 4) is 0 Å². The maximum absolute atomic E-state index is 13.0. The molecule has 2 N–H and O–H groups in total. The molecule has 66 valence electrons. The Hall–Kier alpha value is -0.890. The molecule has 0 aromatic heterocycles. The molecule has 0 spiro atoms. The molecule has 0 amide bonds. The van der Waals surface area contributed by atoms with Gasteiger partial charge in [0.15, 0.2) is 0 Å². The third-order valence-electron chi connectivity index (χ3n) is 1.78. The Labute approximate surface area is 72.4 Å². The first-order valence-corrected chi connectivity index (χ1v) is 4.21. The SMILES string of the molecule is NCC[C@H](F)Cc1ccccc1. The van der Waals surface area contributed by atoms with Crippen LogP contribution in [0.1, 0.15) is 12.0 Å². The normalized spacial score (nSPS) is 12.8. The van der Waals surface area contributed by atoms with Gasteiger partial charge in [0.1, 0.15) is 6.17 Å². The summed E-state index contributed by atoms with van der Waals surface area (Å²) in [6.07, 6.45) is 0.143. The third kappa shape index (κ3) is 3.01. The van der Waals surface area contributed by atoms with Crippen LogP contribution in [0.25, 0.3) is 0 Å². The number of alkyl halides is 1. The maximum atomic E-state index is 13.0. The van der Waals surface area contributed by atoms with Crippen LogP contribution in [0.4, 0.5) is 4.39 Å². The van der Waals surface area contributed by atoms with Gasteiger partial charge in [-0.15, -0.1) is 0 Å². The van der Waals surface area contributed by atoms with Gasteiger partial charge in [-0.25, -0.2) is 4.39 Å². The van der Waals surface area contributed by atoms with E-state index in [9.17, 15) is 4.39 Å². The zero-order valence-corrected chi connectivity index (χ0v) is 7.04. The molecule has 0 fully saturated rings. The van der Waals surface area contributed by atoms with Gasteiger partial charge in [-0.05, 0) is 18.5 Å². The molecule has 12 heavy (non-hydrogen) atoms. The van der Waals surface area contributed by atoms with Gasteiger partial charge in [0, 0.05) is 6.42 Å². The van der Waals surface area contributed by atoms with E-state index in [1.54, 1.807) is 0 Å². The number of halogens is 1. The Bertz CT molecular complexity index is 210. The van der Waals surface area contributed by atoms with E-state index in [0.717, 1.165) is 5.56 Å². The second kappa shape index (κ2) is 4.88. The van der Waals surface area contributed by atoms with Crippen LogP contribution in [0.15, 0.2) is 30.3 Å². The fraction of sp³-hybridized carbons (Fsp3) is 0.400. The highest BCUT2D eigenvalue weighted by atomic mass is 19.1. The third-order valence-corrected chi connectivity index (χ3v) is 1.78. The Morgan fingerprint density at radius 1 is 1.25 bits per heavy atom. The lowest BCUT2D eigenvalue weighted by Crippen LogP contribution is -2.11. The topological polar surface area (TPSA) is 26.0 Å². The fourth-order valence-electron chi connectivity index (χ4n) is 1.15. The average Bonchev–Trinajstić information content (AvgIpc) is 2.06. The Balaban J connectivity index is 2.41. The van der Waals surface area contributed by atoms with Crippen LogP contribution in [0, 0.1) is 0 Å². The second-order valence-electron chi connectivity index (χ2n) is 2.86. The summed E-state index contributed by atoms with van der Waals surface area (Å²) in [5.74, 6) is 0. The highest BCUT2D eigenvalue weighted by Crippen LogP contribution is 2.07. The second-order valence-corrected chi connectivity index (χ2v) is 2.86. The van der Waals surface area contributed by atoms with E-state index >= 15 is 0 Å². The first-order chi connectivity index (χ1) is 5.83. The minimum atomic E-state index is -0.794. The van der Waals surface area contributed by atoms with Crippen molar-refractivity contribution in [1.82, 2.24) is 0 Å². The highest BCUT2D eigenvalue weighted by molar-refractivity contribution is 5.15. The zero-order chi connectivity index (χ0) is 8.81. The fourth-order valence-corrected chi connectivity index (χ4v) is 1.15. The quantitative estimate of drug-likeness (QED) is 0.728. The predicted molar refractivity (Wildman–Crippen MR) is 48.7 cm³/mol. The van der Waals surface area contributed by atoms with Gasteiger partial charge in [-0.1, -0.05) is 30.3 Å². The van der Waals surface area contributed by atoms with Crippen LogP contribution in [0.5, 0.6) is 0 Å². The minimum absolute atomic E-state index is 0.425. The first kappa shape index (κ1) is 9.20. The van der Waals surface area contributed by atoms with Crippen molar-refractivity contribution in [2.24, 2.45) is 5.73 Å². The zero-order valence-electron chi connectivity index (χ0n) is 7.04. The van der Waals surface area contributed by atoms with E-state index in [-0.39, 0.29) is 0 Å². The lowest BCUT2D eigenvalue weighted by Gasteiger charge is -2.05.